The Morgan fingerprint density at radius 1 is 1.43 bits per heavy atom. The largest absolute Gasteiger partial charge is 0.335 e. The van der Waals surface area contributed by atoms with Crippen LogP contribution in [-0.4, -0.2) is 17.0 Å². The molecule has 0 aliphatic carbocycles. The fourth-order valence-corrected chi connectivity index (χ4v) is 2.32. The third-order valence-corrected chi connectivity index (χ3v) is 3.43. The summed E-state index contributed by atoms with van der Waals surface area (Å²) in [4.78, 5) is 4.39. The van der Waals surface area contributed by atoms with Gasteiger partial charge in [-0.3, -0.25) is 4.99 Å². The summed E-state index contributed by atoms with van der Waals surface area (Å²) in [6.45, 7) is 3.11. The zero-order valence-electron chi connectivity index (χ0n) is 7.83. The normalized spacial score (nSPS) is 20.7. The van der Waals surface area contributed by atoms with E-state index in [9.17, 15) is 0 Å². The lowest BCUT2D eigenvalue weighted by Crippen LogP contribution is -2.05. The SMILES string of the molecule is CC1CN=C(Nc2ccc(Br)cc2)S1. The molecular weight excluding hydrogens is 260 g/mol. The predicted octanol–water partition coefficient (Wildman–Crippen LogP) is 3.35. The highest BCUT2D eigenvalue weighted by atomic mass is 79.9. The van der Waals surface area contributed by atoms with Gasteiger partial charge in [0.1, 0.15) is 0 Å². The summed E-state index contributed by atoms with van der Waals surface area (Å²) in [6, 6.07) is 8.12. The van der Waals surface area contributed by atoms with Crippen LogP contribution in [0, 0.1) is 0 Å². The molecule has 0 saturated heterocycles. The molecule has 1 aliphatic heterocycles. The van der Waals surface area contributed by atoms with E-state index in [1.165, 1.54) is 0 Å². The lowest BCUT2D eigenvalue weighted by atomic mass is 10.3. The molecule has 0 radical (unpaired) electrons. The molecule has 1 atom stereocenters. The van der Waals surface area contributed by atoms with Crippen LogP contribution < -0.4 is 5.32 Å². The molecule has 1 aliphatic rings. The number of benzene rings is 1. The average Bonchev–Trinajstić information content (AvgIpc) is 2.56. The summed E-state index contributed by atoms with van der Waals surface area (Å²) in [7, 11) is 0. The zero-order valence-corrected chi connectivity index (χ0v) is 10.2. The first kappa shape index (κ1) is 10.1. The topological polar surface area (TPSA) is 24.4 Å². The van der Waals surface area contributed by atoms with Gasteiger partial charge in [-0.1, -0.05) is 34.6 Å². The first-order valence-electron chi connectivity index (χ1n) is 4.48. The van der Waals surface area contributed by atoms with Gasteiger partial charge in [0.2, 0.25) is 0 Å². The smallest absolute Gasteiger partial charge is 0.161 e. The van der Waals surface area contributed by atoms with Crippen LogP contribution in [0.15, 0.2) is 33.7 Å². The third-order valence-electron chi connectivity index (χ3n) is 1.90. The highest BCUT2D eigenvalue weighted by Gasteiger charge is 2.14. The molecule has 14 heavy (non-hydrogen) atoms. The summed E-state index contributed by atoms with van der Waals surface area (Å²) in [6.07, 6.45) is 0. The number of thioether (sulfide) groups is 1. The van der Waals surface area contributed by atoms with E-state index in [-0.39, 0.29) is 0 Å². The van der Waals surface area contributed by atoms with Gasteiger partial charge >= 0.3 is 0 Å². The summed E-state index contributed by atoms with van der Waals surface area (Å²) >= 11 is 5.20. The van der Waals surface area contributed by atoms with E-state index < -0.39 is 0 Å². The number of halogens is 1. The monoisotopic (exact) mass is 270 g/mol. The van der Waals surface area contributed by atoms with Gasteiger partial charge in [0.05, 0.1) is 6.54 Å². The summed E-state index contributed by atoms with van der Waals surface area (Å²) in [5.74, 6) is 0. The first-order valence-corrected chi connectivity index (χ1v) is 6.15. The Morgan fingerprint density at radius 3 is 2.71 bits per heavy atom. The van der Waals surface area contributed by atoms with Gasteiger partial charge in [0, 0.05) is 15.4 Å². The molecule has 0 fully saturated rings. The van der Waals surface area contributed by atoms with Crippen molar-refractivity contribution in [1.82, 2.24) is 0 Å². The Hall–Kier alpha value is -0.480. The number of anilines is 1. The van der Waals surface area contributed by atoms with Gasteiger partial charge in [-0.25, -0.2) is 0 Å². The van der Waals surface area contributed by atoms with Crippen molar-refractivity contribution in [2.75, 3.05) is 11.9 Å². The van der Waals surface area contributed by atoms with Crippen molar-refractivity contribution in [3.8, 4) is 0 Å². The van der Waals surface area contributed by atoms with E-state index in [4.69, 9.17) is 0 Å². The minimum absolute atomic E-state index is 0.605. The minimum Gasteiger partial charge on any atom is -0.335 e. The van der Waals surface area contributed by atoms with Crippen LogP contribution in [0.4, 0.5) is 5.69 Å². The van der Waals surface area contributed by atoms with Gasteiger partial charge in [0.15, 0.2) is 5.17 Å². The molecular formula is C10H11BrN2S. The maximum Gasteiger partial charge on any atom is 0.161 e. The molecule has 0 saturated carbocycles. The van der Waals surface area contributed by atoms with Crippen molar-refractivity contribution in [2.24, 2.45) is 4.99 Å². The lowest BCUT2D eigenvalue weighted by molar-refractivity contribution is 0.976. The number of hydrogen-bond acceptors (Lipinski definition) is 3. The number of nitrogens with one attached hydrogen (secondary N) is 1. The molecule has 1 unspecified atom stereocenters. The Labute approximate surface area is 96.3 Å². The number of hydrogen-bond donors (Lipinski definition) is 1. The van der Waals surface area contributed by atoms with Crippen LogP contribution in [0.5, 0.6) is 0 Å². The fourth-order valence-electron chi connectivity index (χ4n) is 1.20. The van der Waals surface area contributed by atoms with Gasteiger partial charge in [-0.2, -0.15) is 0 Å². The van der Waals surface area contributed by atoms with E-state index in [1.807, 2.05) is 24.3 Å². The van der Waals surface area contributed by atoms with E-state index in [1.54, 1.807) is 11.8 Å². The van der Waals surface area contributed by atoms with Crippen LogP contribution in [0.25, 0.3) is 0 Å². The van der Waals surface area contributed by atoms with Gasteiger partial charge in [0.25, 0.3) is 0 Å². The Balaban J connectivity index is 2.01. The number of nitrogens with zero attached hydrogens (tertiary/aromatic N) is 1. The van der Waals surface area contributed by atoms with Crippen LogP contribution >= 0.6 is 27.7 Å². The van der Waals surface area contributed by atoms with Crippen LogP contribution in [0.2, 0.25) is 0 Å². The molecule has 2 nitrogen and oxygen atoms in total. The standard InChI is InChI=1S/C10H11BrN2S/c1-7-6-12-10(14-7)13-9-4-2-8(11)3-5-9/h2-5,7H,6H2,1H3,(H,12,13). The van der Waals surface area contributed by atoms with E-state index in [2.05, 4.69) is 33.2 Å². The van der Waals surface area contributed by atoms with E-state index in [0.29, 0.717) is 5.25 Å². The number of amidine groups is 1. The minimum atomic E-state index is 0.605. The average molecular weight is 271 g/mol. The molecule has 0 aromatic heterocycles. The first-order chi connectivity index (χ1) is 6.74. The van der Waals surface area contributed by atoms with Crippen molar-refractivity contribution >= 4 is 38.5 Å². The fraction of sp³-hybridized carbons (Fsp3) is 0.300. The van der Waals surface area contributed by atoms with Crippen molar-refractivity contribution in [2.45, 2.75) is 12.2 Å². The summed E-state index contributed by atoms with van der Waals surface area (Å²) < 4.78 is 1.09. The molecule has 1 heterocycles. The van der Waals surface area contributed by atoms with Gasteiger partial charge in [-0.15, -0.1) is 0 Å². The second-order valence-electron chi connectivity index (χ2n) is 3.21. The van der Waals surface area contributed by atoms with Crippen molar-refractivity contribution < 1.29 is 0 Å². The van der Waals surface area contributed by atoms with Crippen molar-refractivity contribution in [1.29, 1.82) is 0 Å². The predicted molar refractivity (Wildman–Crippen MR) is 67.1 cm³/mol. The highest BCUT2D eigenvalue weighted by Crippen LogP contribution is 2.22. The molecule has 1 N–H and O–H groups in total. The van der Waals surface area contributed by atoms with Crippen molar-refractivity contribution in [3.05, 3.63) is 28.7 Å². The molecule has 4 heteroatoms. The lowest BCUT2D eigenvalue weighted by Gasteiger charge is -2.05. The number of rotatable bonds is 1. The Bertz CT molecular complexity index is 348. The van der Waals surface area contributed by atoms with Crippen molar-refractivity contribution in [3.63, 3.8) is 0 Å². The number of aliphatic imine (C=N–C) groups is 1. The molecule has 0 spiro atoms. The summed E-state index contributed by atoms with van der Waals surface area (Å²) in [5, 5.41) is 4.92. The second kappa shape index (κ2) is 4.36. The molecule has 74 valence electrons. The zero-order chi connectivity index (χ0) is 9.97. The molecule has 2 rings (SSSR count). The van der Waals surface area contributed by atoms with Crippen LogP contribution in [-0.2, 0) is 0 Å². The second-order valence-corrected chi connectivity index (χ2v) is 5.55. The van der Waals surface area contributed by atoms with E-state index in [0.717, 1.165) is 21.9 Å². The van der Waals surface area contributed by atoms with Crippen LogP contribution in [0.3, 0.4) is 0 Å². The van der Waals surface area contributed by atoms with Crippen LogP contribution in [0.1, 0.15) is 6.92 Å². The molecule has 1 aromatic rings. The van der Waals surface area contributed by atoms with Gasteiger partial charge < -0.3 is 5.32 Å². The Morgan fingerprint density at radius 2 is 2.14 bits per heavy atom. The third kappa shape index (κ3) is 2.51. The van der Waals surface area contributed by atoms with Gasteiger partial charge in [-0.05, 0) is 24.3 Å². The highest BCUT2D eigenvalue weighted by molar-refractivity contribution is 9.10. The molecule has 0 amide bonds. The molecule has 1 aromatic carbocycles. The Kier molecular flexibility index (Phi) is 3.13. The maximum atomic E-state index is 4.39. The van der Waals surface area contributed by atoms with E-state index >= 15 is 0 Å². The maximum absolute atomic E-state index is 4.39. The quantitative estimate of drug-likeness (QED) is 0.847. The summed E-state index contributed by atoms with van der Waals surface area (Å²) in [5.41, 5.74) is 1.09. The molecule has 0 bridgehead atoms.